The predicted molar refractivity (Wildman–Crippen MR) is 282 cm³/mol. The van der Waals surface area contributed by atoms with Crippen molar-refractivity contribution in [1.29, 1.82) is 0 Å². The predicted octanol–water partition coefficient (Wildman–Crippen LogP) is 8.36. The first-order chi connectivity index (χ1) is 33.9. The average molecular weight is 1050 g/mol. The molecule has 0 bridgehead atoms. The largest absolute Gasteiger partial charge is 0.359 e. The molecule has 4 aromatic rings. The molecule has 71 heavy (non-hydrogen) atoms. The van der Waals surface area contributed by atoms with E-state index in [1.807, 2.05) is 0 Å². The first-order valence-corrected chi connectivity index (χ1v) is 34.1. The molecular formula is C51H76ClN11O5S2Si. The van der Waals surface area contributed by atoms with Crippen molar-refractivity contribution in [3.05, 3.63) is 56.6 Å². The lowest BCUT2D eigenvalue weighted by molar-refractivity contribution is 0.0782. The van der Waals surface area contributed by atoms with Crippen LogP contribution < -0.4 is 10.6 Å². The number of hydrogen-bond acceptors (Lipinski definition) is 13. The minimum Gasteiger partial charge on any atom is -0.359 e. The smallest absolute Gasteiger partial charge is 0.298 e. The molecule has 1 saturated carbocycles. The molecule has 2 spiro atoms. The zero-order chi connectivity index (χ0) is 49.8. The minimum absolute atomic E-state index is 0.0561. The summed E-state index contributed by atoms with van der Waals surface area (Å²) in [7, 11) is -3.37. The molecule has 0 unspecified atom stereocenters. The van der Waals surface area contributed by atoms with Crippen LogP contribution in [0.2, 0.25) is 25.7 Å². The van der Waals surface area contributed by atoms with Crippen LogP contribution in [0.3, 0.4) is 0 Å². The third-order valence-electron chi connectivity index (χ3n) is 16.9. The summed E-state index contributed by atoms with van der Waals surface area (Å²) in [4.78, 5) is 13.6. The third kappa shape index (κ3) is 10.9. The normalized spacial score (nSPS) is 21.0. The van der Waals surface area contributed by atoms with Gasteiger partial charge in [-0.2, -0.15) is 14.3 Å². The molecule has 3 aliphatic heterocycles. The van der Waals surface area contributed by atoms with E-state index in [0.717, 1.165) is 113 Å². The SMILES string of the molecule is CCN1CCC2(C1)CN(S(=O)(=O)c1nc(Nc3c4c(cc5c3CCC5)CCC4)n[nH]1)C2.CCN1CCC2(CCC2)C1.C[Si](C)(C)CCOCn1nc(S(=O)(=O)Cl)nc1Nc1c2c(cc3c1CCC3)CCC2. The monoisotopic (exact) mass is 1050 g/mol. The molecule has 8 aliphatic rings. The number of nitrogens with one attached hydrogen (secondary N) is 3. The van der Waals surface area contributed by atoms with E-state index in [-0.39, 0.29) is 17.3 Å². The van der Waals surface area contributed by atoms with Crippen molar-refractivity contribution in [2.24, 2.45) is 10.8 Å². The summed E-state index contributed by atoms with van der Waals surface area (Å²) in [6, 6.07) is 5.76. The Kier molecular flexibility index (Phi) is 14.6. The Labute approximate surface area is 427 Å². The molecular weight excluding hydrogens is 974 g/mol. The summed E-state index contributed by atoms with van der Waals surface area (Å²) in [5, 5.41) is 17.4. The third-order valence-corrected chi connectivity index (χ3v) is 21.3. The van der Waals surface area contributed by atoms with Gasteiger partial charge in [0.2, 0.25) is 11.9 Å². The summed E-state index contributed by atoms with van der Waals surface area (Å²) in [6.45, 7) is 20.3. The molecule has 12 rings (SSSR count). The van der Waals surface area contributed by atoms with Crippen molar-refractivity contribution in [1.82, 2.24) is 44.1 Å². The van der Waals surface area contributed by atoms with Crippen molar-refractivity contribution in [2.45, 2.75) is 166 Å². The quantitative estimate of drug-likeness (QED) is 0.0623. The Morgan fingerprint density at radius 3 is 1.68 bits per heavy atom. The van der Waals surface area contributed by atoms with Crippen molar-refractivity contribution >= 4 is 61.1 Å². The van der Waals surface area contributed by atoms with Crippen LogP contribution in [-0.2, 0) is 81.9 Å². The van der Waals surface area contributed by atoms with Gasteiger partial charge in [0.05, 0.1) is 0 Å². The van der Waals surface area contributed by atoms with E-state index in [1.165, 1.54) is 107 Å². The van der Waals surface area contributed by atoms with Gasteiger partial charge in [-0.15, -0.1) is 10.2 Å². The van der Waals surface area contributed by atoms with Crippen LogP contribution in [0.4, 0.5) is 23.3 Å². The van der Waals surface area contributed by atoms with Gasteiger partial charge in [0.25, 0.3) is 29.4 Å². The highest BCUT2D eigenvalue weighted by atomic mass is 35.7. The van der Waals surface area contributed by atoms with E-state index < -0.39 is 32.3 Å². The van der Waals surface area contributed by atoms with E-state index in [9.17, 15) is 16.8 Å². The van der Waals surface area contributed by atoms with Crippen LogP contribution in [0.1, 0.15) is 116 Å². The van der Waals surface area contributed by atoms with E-state index in [0.29, 0.717) is 31.6 Å². The number of aryl methyl sites for hydroxylation is 4. The number of fused-ring (bicyclic) bond motifs is 4. The molecule has 388 valence electrons. The molecule has 3 saturated heterocycles. The highest BCUT2D eigenvalue weighted by molar-refractivity contribution is 8.13. The molecule has 4 fully saturated rings. The van der Waals surface area contributed by atoms with E-state index in [4.69, 9.17) is 15.4 Å². The van der Waals surface area contributed by atoms with Crippen molar-refractivity contribution in [3.63, 3.8) is 0 Å². The molecule has 0 amide bonds. The van der Waals surface area contributed by atoms with Gasteiger partial charge in [-0.05, 0) is 185 Å². The number of hydrogen-bond donors (Lipinski definition) is 3. The number of aromatic amines is 1. The standard InChI is InChI=1S/C22H30N6O2S.C20H29ClN4O3SSi.C9H17N/c1-2-27-10-9-22(12-27)13-28(14-22)31(29,30)21-24-20(25-26-21)23-19-17-7-3-5-15(17)11-16-6-4-8-18(16)19;1-30(2,3)11-10-28-13-25-19(23-20(24-25)29(21,26)27)22-18-16-8-4-6-14(16)12-15-7-5-9-17(15)18;1-2-10-7-6-9(8-10)4-3-5-9/h11H,2-10,12-14H2,1H3,(H2,23,24,25,26);12H,4-11,13H2,1-3H3,(H,22,23,24);2-8H2,1H3. The van der Waals surface area contributed by atoms with Gasteiger partial charge in [-0.3, -0.25) is 0 Å². The number of likely N-dealkylation sites (tertiary alicyclic amines) is 2. The number of ether oxygens (including phenoxy) is 1. The molecule has 5 heterocycles. The summed E-state index contributed by atoms with van der Waals surface area (Å²) < 4.78 is 58.7. The summed E-state index contributed by atoms with van der Waals surface area (Å²) >= 11 is 0. The zero-order valence-corrected chi connectivity index (χ0v) is 46.2. The number of anilines is 4. The number of benzene rings is 2. The van der Waals surface area contributed by atoms with E-state index in [1.54, 1.807) is 4.31 Å². The first kappa shape index (κ1) is 51.1. The van der Waals surface area contributed by atoms with Crippen LogP contribution in [0, 0.1) is 10.8 Å². The number of rotatable bonds is 14. The van der Waals surface area contributed by atoms with Gasteiger partial charge < -0.3 is 25.2 Å². The molecule has 0 atom stereocenters. The van der Waals surface area contributed by atoms with Crippen molar-refractivity contribution in [3.8, 4) is 0 Å². The van der Waals surface area contributed by atoms with E-state index in [2.05, 4.69) is 91.3 Å². The van der Waals surface area contributed by atoms with Crippen LogP contribution >= 0.6 is 10.7 Å². The molecule has 0 radical (unpaired) electrons. The van der Waals surface area contributed by atoms with Crippen LogP contribution in [0.25, 0.3) is 0 Å². The second-order valence-corrected chi connectivity index (χ2v) is 33.0. The maximum atomic E-state index is 13.1. The van der Waals surface area contributed by atoms with Gasteiger partial charge in [0.15, 0.2) is 0 Å². The number of aromatic nitrogens is 6. The lowest BCUT2D eigenvalue weighted by Crippen LogP contribution is -2.59. The Bertz CT molecular complexity index is 2770. The highest BCUT2D eigenvalue weighted by Crippen LogP contribution is 2.48. The van der Waals surface area contributed by atoms with Crippen LogP contribution in [0.5, 0.6) is 0 Å². The molecule has 16 nitrogen and oxygen atoms in total. The maximum Gasteiger partial charge on any atom is 0.298 e. The van der Waals surface area contributed by atoms with Gasteiger partial charge >= 0.3 is 0 Å². The van der Waals surface area contributed by atoms with Crippen LogP contribution in [-0.4, -0.2) is 128 Å². The lowest BCUT2D eigenvalue weighted by atomic mass is 9.68. The Morgan fingerprint density at radius 2 is 1.21 bits per heavy atom. The molecule has 5 aliphatic carbocycles. The molecule has 20 heteroatoms. The van der Waals surface area contributed by atoms with E-state index >= 15 is 0 Å². The fraction of sp³-hybridized carbons (Fsp3) is 0.686. The fourth-order valence-corrected chi connectivity index (χ4v) is 15.5. The average Bonchev–Trinajstić information content (AvgIpc) is 4.15. The molecule has 2 aromatic carbocycles. The fourth-order valence-electron chi connectivity index (χ4n) is 12.6. The van der Waals surface area contributed by atoms with Crippen LogP contribution in [0.15, 0.2) is 22.4 Å². The van der Waals surface area contributed by atoms with Gasteiger partial charge in [-0.1, -0.05) is 52.0 Å². The number of nitrogens with zero attached hydrogens (tertiary/aromatic N) is 8. The first-order valence-electron chi connectivity index (χ1n) is 26.7. The number of sulfonamides is 1. The lowest BCUT2D eigenvalue weighted by Gasteiger charge is -2.46. The number of halogens is 1. The van der Waals surface area contributed by atoms with Gasteiger partial charge in [-0.25, -0.2) is 26.6 Å². The Balaban J connectivity index is 0.000000137. The Morgan fingerprint density at radius 1 is 0.690 bits per heavy atom. The second-order valence-electron chi connectivity index (χ2n) is 23.0. The highest BCUT2D eigenvalue weighted by Gasteiger charge is 2.52. The topological polar surface area (TPSA) is 184 Å². The summed E-state index contributed by atoms with van der Waals surface area (Å²) in [5.74, 6) is 0.706. The maximum absolute atomic E-state index is 13.1. The summed E-state index contributed by atoms with van der Waals surface area (Å²) in [6.07, 6.45) is 20.3. The molecule has 2 aromatic heterocycles. The Hall–Kier alpha value is -3.43. The number of H-pyrrole nitrogens is 1. The second kappa shape index (κ2) is 20.4. The van der Waals surface area contributed by atoms with Crippen molar-refractivity contribution < 1.29 is 21.6 Å². The van der Waals surface area contributed by atoms with Gasteiger partial charge in [0, 0.05) is 68.3 Å². The molecule has 3 N–H and O–H groups in total. The van der Waals surface area contributed by atoms with Crippen molar-refractivity contribution in [2.75, 3.05) is 69.6 Å². The zero-order valence-electron chi connectivity index (χ0n) is 42.8. The van der Waals surface area contributed by atoms with Gasteiger partial charge in [0.1, 0.15) is 6.73 Å². The minimum atomic E-state index is -4.03. The summed E-state index contributed by atoms with van der Waals surface area (Å²) in [5.41, 5.74) is 14.1.